The molecule has 0 N–H and O–H groups in total. The molecule has 5 heterocycles. The van der Waals surface area contributed by atoms with Gasteiger partial charge < -0.3 is 38.4 Å². The van der Waals surface area contributed by atoms with Gasteiger partial charge in [0, 0.05) is 85.8 Å². The number of hydrogen-bond acceptors (Lipinski definition) is 12. The maximum atomic E-state index is 14.3. The summed E-state index contributed by atoms with van der Waals surface area (Å²) in [6.45, 7) is 7.89. The van der Waals surface area contributed by atoms with Gasteiger partial charge >= 0.3 is 0 Å². The fourth-order valence-corrected chi connectivity index (χ4v) is 12.6. The van der Waals surface area contributed by atoms with Gasteiger partial charge in [0.15, 0.2) is 11.5 Å². The number of nitrogens with zero attached hydrogens (tertiary/aromatic N) is 4. The molecule has 14 nitrogen and oxygen atoms in total. The summed E-state index contributed by atoms with van der Waals surface area (Å²) in [6, 6.07) is 30.7. The van der Waals surface area contributed by atoms with Gasteiger partial charge in [-0.2, -0.15) is 11.8 Å². The second kappa shape index (κ2) is 25.0. The summed E-state index contributed by atoms with van der Waals surface area (Å²) in [5.74, 6) is 1.50. The van der Waals surface area contributed by atoms with Crippen molar-refractivity contribution in [3.8, 4) is 17.2 Å². The summed E-state index contributed by atoms with van der Waals surface area (Å²) in [6.07, 6.45) is 9.47. The van der Waals surface area contributed by atoms with Crippen LogP contribution in [0.25, 0.3) is 0 Å². The van der Waals surface area contributed by atoms with Crippen molar-refractivity contribution in [2.45, 2.75) is 121 Å². The number of rotatable bonds is 25. The Morgan fingerprint density at radius 3 is 1.86 bits per heavy atom. The zero-order valence-electron chi connectivity index (χ0n) is 45.5. The minimum Gasteiger partial charge on any atom is -0.493 e. The van der Waals surface area contributed by atoms with Crippen molar-refractivity contribution in [3.05, 3.63) is 141 Å². The Labute approximate surface area is 462 Å². The molecule has 0 aromatic heterocycles. The zero-order valence-corrected chi connectivity index (χ0v) is 46.3. The summed E-state index contributed by atoms with van der Waals surface area (Å²) in [4.78, 5) is 74.6. The van der Waals surface area contributed by atoms with Crippen molar-refractivity contribution < 1.29 is 47.7 Å². The molecule has 5 aromatic carbocycles. The van der Waals surface area contributed by atoms with Crippen LogP contribution in [0.4, 0.5) is 17.1 Å². The largest absolute Gasteiger partial charge is 0.493 e. The molecule has 5 aliphatic rings. The van der Waals surface area contributed by atoms with Crippen LogP contribution >= 0.6 is 11.8 Å². The molecular weight excluding hydrogens is 1000 g/mol. The van der Waals surface area contributed by atoms with Crippen molar-refractivity contribution in [2.75, 3.05) is 74.1 Å². The smallest absolute Gasteiger partial charge is 0.258 e. The molecule has 0 bridgehead atoms. The number of anilines is 3. The van der Waals surface area contributed by atoms with Gasteiger partial charge in [0.25, 0.3) is 11.8 Å². The molecule has 3 atom stereocenters. The van der Waals surface area contributed by atoms with Crippen LogP contribution in [-0.4, -0.2) is 111 Å². The molecule has 0 saturated carbocycles. The minimum absolute atomic E-state index is 0.0271. The number of carbonyl (C=O) groups excluding carboxylic acids is 5. The molecule has 1 fully saturated rings. The summed E-state index contributed by atoms with van der Waals surface area (Å²) in [5.41, 5.74) is 11.2. The van der Waals surface area contributed by atoms with Gasteiger partial charge in [-0.1, -0.05) is 43.3 Å². The molecule has 0 aliphatic carbocycles. The van der Waals surface area contributed by atoms with Crippen LogP contribution in [0.1, 0.15) is 118 Å². The molecule has 1 saturated heterocycles. The van der Waals surface area contributed by atoms with E-state index in [2.05, 4.69) is 54.3 Å². The minimum atomic E-state index is -0.340. The lowest BCUT2D eigenvalue weighted by Gasteiger charge is -2.26. The number of likely N-dealkylation sites (tertiary alicyclic amines) is 1. The highest BCUT2D eigenvalue weighted by Gasteiger charge is 2.40. The lowest BCUT2D eigenvalue weighted by Crippen LogP contribution is -2.36. The average molecular weight is 1080 g/mol. The van der Waals surface area contributed by atoms with E-state index in [9.17, 15) is 24.0 Å². The Kier molecular flexibility index (Phi) is 17.5. The van der Waals surface area contributed by atoms with E-state index in [-0.39, 0.29) is 79.3 Å². The summed E-state index contributed by atoms with van der Waals surface area (Å²) in [5, 5.41) is -0.340. The van der Waals surface area contributed by atoms with Crippen LogP contribution in [-0.2, 0) is 62.8 Å². The SMILES string of the molecule is CCCOCCOCCN(CCCC(=O)CCCN1C(=O)CC(SC)C1=O)c1cc(COc2cc3c(cc2C)C(=O)N2c4ccccc4CC2CC3)cc(COc2cc3c(cc2OC)C(=O)N2c4ccccc4CC2CC3)c1. The first kappa shape index (κ1) is 54.7. The normalized spacial score (nSPS) is 18.2. The number of ketones is 1. The molecule has 10 rings (SSSR count). The van der Waals surface area contributed by atoms with Crippen LogP contribution in [0, 0.1) is 6.92 Å². The van der Waals surface area contributed by atoms with E-state index in [1.807, 2.05) is 71.5 Å². The summed E-state index contributed by atoms with van der Waals surface area (Å²) in [7, 11) is 1.60. The molecule has 0 spiro atoms. The first-order valence-corrected chi connectivity index (χ1v) is 29.2. The number of imide groups is 1. The van der Waals surface area contributed by atoms with Gasteiger partial charge in [-0.05, 0) is 165 Å². The van der Waals surface area contributed by atoms with E-state index in [1.54, 1.807) is 7.11 Å². The lowest BCUT2D eigenvalue weighted by molar-refractivity contribution is -0.138. The highest BCUT2D eigenvalue weighted by molar-refractivity contribution is 8.00. The summed E-state index contributed by atoms with van der Waals surface area (Å²) >= 11 is 1.39. The highest BCUT2D eigenvalue weighted by atomic mass is 32.2. The van der Waals surface area contributed by atoms with Gasteiger partial charge in [0.1, 0.15) is 24.7 Å². The van der Waals surface area contributed by atoms with Crippen molar-refractivity contribution >= 4 is 58.2 Å². The number of amides is 4. The summed E-state index contributed by atoms with van der Waals surface area (Å²) < 4.78 is 31.1. The topological polar surface area (TPSA) is 144 Å². The molecule has 4 amide bonds. The number of aryl methyl sites for hydroxylation is 3. The van der Waals surface area contributed by atoms with Gasteiger partial charge in [-0.3, -0.25) is 28.9 Å². The second-order valence-corrected chi connectivity index (χ2v) is 22.2. The first-order chi connectivity index (χ1) is 38.0. The Balaban J connectivity index is 0.893. The van der Waals surface area contributed by atoms with E-state index >= 15 is 0 Å². The molecule has 3 unspecified atom stereocenters. The number of methoxy groups -OCH3 is 1. The third kappa shape index (κ3) is 12.0. The van der Waals surface area contributed by atoms with E-state index < -0.39 is 0 Å². The standard InChI is InChI=1S/C63H72N4O10S/c1-5-25-74-27-28-75-26-24-64(22-10-14-51(68)15-11-23-65-60(69)38-59(78-4)63(65)72)50-31-42(39-76-56-35-44-18-20-48-33-46-12-6-8-16-54(46)66(48)61(70)52(44)29-41(56)2)30-43(32-50)40-77-58-36-45-19-21-49-34-47-13-7-9-17-55(47)67(49)62(71)53(45)37-57(58)73-3/h6-9,12-13,16-17,29-32,35-37,48-49,59H,5,10-11,14-15,18-28,33-34,38-40H2,1-4H3. The van der Waals surface area contributed by atoms with Gasteiger partial charge in [0.05, 0.1) is 32.2 Å². The molecule has 78 heavy (non-hydrogen) atoms. The highest BCUT2D eigenvalue weighted by Crippen LogP contribution is 2.42. The molecule has 5 aromatic rings. The molecular formula is C63H72N4O10S. The van der Waals surface area contributed by atoms with Crippen LogP contribution < -0.4 is 28.9 Å². The Hall–Kier alpha value is -6.68. The number of ether oxygens (including phenoxy) is 5. The number of fused-ring (bicyclic) bond motifs is 8. The van der Waals surface area contributed by atoms with E-state index in [4.69, 9.17) is 23.7 Å². The van der Waals surface area contributed by atoms with E-state index in [1.165, 1.54) is 27.8 Å². The van der Waals surface area contributed by atoms with Crippen molar-refractivity contribution in [2.24, 2.45) is 0 Å². The predicted octanol–water partition coefficient (Wildman–Crippen LogP) is 10.1. The Morgan fingerprint density at radius 1 is 0.654 bits per heavy atom. The molecule has 410 valence electrons. The quantitative estimate of drug-likeness (QED) is 0.0405. The van der Waals surface area contributed by atoms with E-state index in [0.717, 1.165) is 101 Å². The monoisotopic (exact) mass is 1080 g/mol. The van der Waals surface area contributed by atoms with Crippen molar-refractivity contribution in [3.63, 3.8) is 0 Å². The van der Waals surface area contributed by atoms with Crippen LogP contribution in [0.15, 0.2) is 91.0 Å². The van der Waals surface area contributed by atoms with Crippen LogP contribution in [0.5, 0.6) is 17.2 Å². The lowest BCUT2D eigenvalue weighted by atomic mass is 9.98. The number of carbonyl (C=O) groups is 5. The number of Topliss-reactive ketones (excluding diaryl/α,β-unsaturated/α-hetero) is 1. The number of para-hydroxylation sites is 2. The number of benzene rings is 5. The van der Waals surface area contributed by atoms with Gasteiger partial charge in [-0.15, -0.1) is 0 Å². The maximum Gasteiger partial charge on any atom is 0.258 e. The second-order valence-electron chi connectivity index (χ2n) is 21.2. The van der Waals surface area contributed by atoms with Crippen LogP contribution in [0.2, 0.25) is 0 Å². The van der Waals surface area contributed by atoms with E-state index in [0.29, 0.717) is 75.8 Å². The average Bonchev–Trinajstić information content (AvgIpc) is 4.24. The molecule has 15 heteroatoms. The number of thioether (sulfide) groups is 1. The fraction of sp³-hybridized carbons (Fsp3) is 0.444. The third-order valence-electron chi connectivity index (χ3n) is 16.0. The Bertz CT molecular complexity index is 3050. The Morgan fingerprint density at radius 2 is 1.24 bits per heavy atom. The van der Waals surface area contributed by atoms with Gasteiger partial charge in [-0.25, -0.2) is 0 Å². The number of hydrogen-bond donors (Lipinski definition) is 0. The van der Waals surface area contributed by atoms with Crippen LogP contribution in [0.3, 0.4) is 0 Å². The maximum absolute atomic E-state index is 14.3. The predicted molar refractivity (Wildman–Crippen MR) is 304 cm³/mol. The fourth-order valence-electron chi connectivity index (χ4n) is 11.9. The van der Waals surface area contributed by atoms with Crippen molar-refractivity contribution in [1.82, 2.24) is 4.90 Å². The molecule has 0 radical (unpaired) electrons. The van der Waals surface area contributed by atoms with Gasteiger partial charge in [0.2, 0.25) is 11.8 Å². The third-order valence-corrected chi connectivity index (χ3v) is 16.9. The molecule has 5 aliphatic heterocycles. The van der Waals surface area contributed by atoms with Crippen molar-refractivity contribution in [1.29, 1.82) is 0 Å². The first-order valence-electron chi connectivity index (χ1n) is 27.9. The zero-order chi connectivity index (χ0) is 54.3.